The number of nitrogens with zero attached hydrogens (tertiary/aromatic N) is 1. The highest BCUT2D eigenvalue weighted by Crippen LogP contribution is 2.14. The smallest absolute Gasteiger partial charge is 0.337 e. The van der Waals surface area contributed by atoms with E-state index in [1.807, 2.05) is 5.43 Å². The number of H-pyrrole nitrogens is 1. The molecule has 1 aromatic heterocycles. The molecule has 0 radical (unpaired) electrons. The van der Waals surface area contributed by atoms with Gasteiger partial charge in [0.15, 0.2) is 0 Å². The van der Waals surface area contributed by atoms with Crippen molar-refractivity contribution in [2.45, 2.75) is 6.92 Å². The van der Waals surface area contributed by atoms with Crippen molar-refractivity contribution in [1.82, 2.24) is 15.4 Å². The zero-order valence-corrected chi connectivity index (χ0v) is 12.4. The van der Waals surface area contributed by atoms with Crippen LogP contribution in [0.2, 0.25) is 0 Å². The predicted octanol–water partition coefficient (Wildman–Crippen LogP) is -0.142. The van der Waals surface area contributed by atoms with Crippen LogP contribution in [-0.4, -0.2) is 32.9 Å². The molecule has 10 heteroatoms. The summed E-state index contributed by atoms with van der Waals surface area (Å²) in [6.07, 6.45) is 0. The van der Waals surface area contributed by atoms with Crippen molar-refractivity contribution in [3.8, 4) is 0 Å². The maximum atomic E-state index is 11.8. The normalized spacial score (nSPS) is 9.88. The van der Waals surface area contributed by atoms with Gasteiger partial charge in [0.1, 0.15) is 0 Å². The van der Waals surface area contributed by atoms with Crippen molar-refractivity contribution in [3.05, 3.63) is 51.9 Å². The van der Waals surface area contributed by atoms with Crippen LogP contribution in [0.1, 0.15) is 16.1 Å². The van der Waals surface area contributed by atoms with Crippen molar-refractivity contribution in [2.24, 2.45) is 0 Å². The lowest BCUT2D eigenvalue weighted by Crippen LogP contribution is -2.39. The summed E-state index contributed by atoms with van der Waals surface area (Å²) in [4.78, 5) is 52.0. The number of benzene rings is 1. The fourth-order valence-corrected chi connectivity index (χ4v) is 1.77. The van der Waals surface area contributed by atoms with Crippen LogP contribution in [0.15, 0.2) is 35.1 Å². The first-order chi connectivity index (χ1) is 11.4. The minimum absolute atomic E-state index is 0.0211. The van der Waals surface area contributed by atoms with Crippen molar-refractivity contribution in [2.75, 3.05) is 10.7 Å². The number of anilines is 2. The third kappa shape index (κ3) is 4.16. The zero-order chi connectivity index (χ0) is 17.7. The van der Waals surface area contributed by atoms with Gasteiger partial charge in [-0.3, -0.25) is 30.2 Å². The Kier molecular flexibility index (Phi) is 4.90. The maximum Gasteiger partial charge on any atom is 0.337 e. The van der Waals surface area contributed by atoms with E-state index in [4.69, 9.17) is 5.11 Å². The second-order valence-electron chi connectivity index (χ2n) is 4.62. The Bertz CT molecular complexity index is 861. The Morgan fingerprint density at radius 3 is 2.54 bits per heavy atom. The van der Waals surface area contributed by atoms with Gasteiger partial charge in [0.2, 0.25) is 5.95 Å². The van der Waals surface area contributed by atoms with E-state index in [9.17, 15) is 19.2 Å². The van der Waals surface area contributed by atoms with Gasteiger partial charge in [0.25, 0.3) is 5.56 Å². The molecule has 0 aliphatic rings. The minimum atomic E-state index is -1.24. The molecule has 24 heavy (non-hydrogen) atoms. The van der Waals surface area contributed by atoms with Crippen LogP contribution >= 0.6 is 0 Å². The lowest BCUT2D eigenvalue weighted by molar-refractivity contribution is -0.135. The molecular weight excluding hydrogens is 318 g/mol. The summed E-state index contributed by atoms with van der Waals surface area (Å²) < 4.78 is 0. The van der Waals surface area contributed by atoms with Crippen molar-refractivity contribution < 1.29 is 19.5 Å². The van der Waals surface area contributed by atoms with Gasteiger partial charge >= 0.3 is 17.8 Å². The van der Waals surface area contributed by atoms with Crippen LogP contribution < -0.4 is 21.7 Å². The summed E-state index contributed by atoms with van der Waals surface area (Å²) in [5.74, 6) is -3.48. The molecule has 0 saturated heterocycles. The molecule has 10 nitrogen and oxygen atoms in total. The average Bonchev–Trinajstić information content (AvgIpc) is 2.52. The molecule has 0 bridgehead atoms. The number of aryl methyl sites for hydroxylation is 1. The molecule has 0 saturated carbocycles. The number of carbonyl (C=O) groups is 3. The summed E-state index contributed by atoms with van der Waals surface area (Å²) in [5, 5.41) is 11.2. The first kappa shape index (κ1) is 16.7. The van der Waals surface area contributed by atoms with E-state index in [1.165, 1.54) is 30.3 Å². The second-order valence-corrected chi connectivity index (χ2v) is 4.62. The highest BCUT2D eigenvalue weighted by Gasteiger charge is 2.17. The van der Waals surface area contributed by atoms with Crippen LogP contribution in [0.5, 0.6) is 0 Å². The summed E-state index contributed by atoms with van der Waals surface area (Å²) in [6, 6.07) is 6.89. The third-order valence-electron chi connectivity index (χ3n) is 2.78. The van der Waals surface area contributed by atoms with Crippen LogP contribution in [0.4, 0.5) is 11.6 Å². The molecule has 2 amide bonds. The number of carboxylic acids is 1. The van der Waals surface area contributed by atoms with Gasteiger partial charge in [0, 0.05) is 11.8 Å². The van der Waals surface area contributed by atoms with E-state index in [2.05, 4.69) is 20.7 Å². The number of carboxylic acid groups (broad SMARTS) is 1. The quantitative estimate of drug-likeness (QED) is 0.386. The van der Waals surface area contributed by atoms with Gasteiger partial charge in [-0.05, 0) is 19.1 Å². The molecule has 0 aliphatic carbocycles. The highest BCUT2D eigenvalue weighted by atomic mass is 16.4. The number of aromatic nitrogens is 2. The van der Waals surface area contributed by atoms with Crippen LogP contribution in [0.3, 0.4) is 0 Å². The number of carbonyl (C=O) groups excluding carboxylic acids is 2. The van der Waals surface area contributed by atoms with Crippen molar-refractivity contribution >= 4 is 29.4 Å². The molecule has 5 N–H and O–H groups in total. The van der Waals surface area contributed by atoms with Gasteiger partial charge in [0.05, 0.1) is 11.3 Å². The molecule has 1 aromatic carbocycles. The number of hydrogen-bond acceptors (Lipinski definition) is 6. The van der Waals surface area contributed by atoms with Gasteiger partial charge in [-0.25, -0.2) is 9.78 Å². The Labute approximate surface area is 134 Å². The molecule has 0 atom stereocenters. The molecule has 0 fully saturated rings. The first-order valence-electron chi connectivity index (χ1n) is 6.64. The van der Waals surface area contributed by atoms with Gasteiger partial charge in [-0.1, -0.05) is 12.1 Å². The highest BCUT2D eigenvalue weighted by molar-refractivity contribution is 6.40. The average molecular weight is 331 g/mol. The molecule has 0 unspecified atom stereocenters. The molecular formula is C14H13N5O5. The monoisotopic (exact) mass is 331 g/mol. The maximum absolute atomic E-state index is 11.8. The number of aromatic amines is 1. The molecule has 124 valence electrons. The molecule has 1 heterocycles. The van der Waals surface area contributed by atoms with E-state index < -0.39 is 23.3 Å². The van der Waals surface area contributed by atoms with E-state index in [-0.39, 0.29) is 17.2 Å². The molecule has 0 aliphatic heterocycles. The van der Waals surface area contributed by atoms with Gasteiger partial charge in [-0.2, -0.15) is 0 Å². The standard InChI is InChI=1S/C14H13N5O5/c1-7-6-10(20)17-14(15-7)19-18-12(22)11(21)16-9-5-3-2-4-8(9)13(23)24/h2-6H,1H3,(H,16,21)(H,18,22)(H,23,24)(H2,15,17,19,20). The number of aromatic carboxylic acids is 1. The van der Waals surface area contributed by atoms with Crippen LogP contribution in [0.25, 0.3) is 0 Å². The number of nitrogens with one attached hydrogen (secondary N) is 4. The lowest BCUT2D eigenvalue weighted by atomic mass is 10.2. The third-order valence-corrected chi connectivity index (χ3v) is 2.78. The summed E-state index contributed by atoms with van der Waals surface area (Å²) in [7, 11) is 0. The Morgan fingerprint density at radius 2 is 1.88 bits per heavy atom. The number of amides is 2. The van der Waals surface area contributed by atoms with E-state index in [0.29, 0.717) is 5.69 Å². The Hall–Kier alpha value is -3.69. The SMILES string of the molecule is Cc1cc(=O)[nH]c(NNC(=O)C(=O)Nc2ccccc2C(=O)O)n1. The first-order valence-corrected chi connectivity index (χ1v) is 6.64. The minimum Gasteiger partial charge on any atom is -0.478 e. The van der Waals surface area contributed by atoms with Crippen molar-refractivity contribution in [3.63, 3.8) is 0 Å². The number of hydrogen-bond donors (Lipinski definition) is 5. The largest absolute Gasteiger partial charge is 0.478 e. The molecule has 0 spiro atoms. The van der Waals surface area contributed by atoms with Crippen LogP contribution in [-0.2, 0) is 9.59 Å². The fourth-order valence-electron chi connectivity index (χ4n) is 1.77. The predicted molar refractivity (Wildman–Crippen MR) is 83.4 cm³/mol. The number of rotatable bonds is 4. The second kappa shape index (κ2) is 7.05. The van der Waals surface area contributed by atoms with E-state index in [0.717, 1.165) is 0 Å². The Balaban J connectivity index is 2.01. The summed E-state index contributed by atoms with van der Waals surface area (Å²) in [6.45, 7) is 1.58. The van der Waals surface area contributed by atoms with Crippen molar-refractivity contribution in [1.29, 1.82) is 0 Å². The molecule has 2 rings (SSSR count). The zero-order valence-electron chi connectivity index (χ0n) is 12.4. The van der Waals surface area contributed by atoms with E-state index >= 15 is 0 Å². The Morgan fingerprint density at radius 1 is 1.17 bits per heavy atom. The fraction of sp³-hybridized carbons (Fsp3) is 0.0714. The number of hydrazine groups is 1. The lowest BCUT2D eigenvalue weighted by Gasteiger charge is -2.09. The topological polar surface area (TPSA) is 153 Å². The summed E-state index contributed by atoms with van der Waals surface area (Å²) >= 11 is 0. The van der Waals surface area contributed by atoms with Gasteiger partial charge in [-0.15, -0.1) is 0 Å². The van der Waals surface area contributed by atoms with E-state index in [1.54, 1.807) is 6.92 Å². The summed E-state index contributed by atoms with van der Waals surface area (Å²) in [5.41, 5.74) is 4.13. The molecule has 2 aromatic rings. The van der Waals surface area contributed by atoms with Crippen LogP contribution in [0, 0.1) is 6.92 Å². The van der Waals surface area contributed by atoms with Gasteiger partial charge < -0.3 is 10.4 Å². The number of para-hydroxylation sites is 1.